The zero-order chi connectivity index (χ0) is 15.2. The molecule has 0 aliphatic rings. The Kier molecular flexibility index (Phi) is 5.81. The third-order valence-electron chi connectivity index (χ3n) is 2.94. The second kappa shape index (κ2) is 7.61. The number of aromatic nitrogens is 4. The van der Waals surface area contributed by atoms with Crippen molar-refractivity contribution in [1.29, 1.82) is 0 Å². The van der Waals surface area contributed by atoms with Crippen LogP contribution in [0.2, 0.25) is 5.02 Å². The second-order valence-corrected chi connectivity index (χ2v) is 5.99. The molecule has 0 bridgehead atoms. The zero-order valence-electron chi connectivity index (χ0n) is 11.7. The smallest absolute Gasteiger partial charge is 0.221 e. The van der Waals surface area contributed by atoms with Crippen molar-refractivity contribution >= 4 is 33.4 Å². The third kappa shape index (κ3) is 5.17. The predicted octanol–water partition coefficient (Wildman–Crippen LogP) is 2.40. The van der Waals surface area contributed by atoms with E-state index in [1.807, 2.05) is 17.8 Å². The van der Waals surface area contributed by atoms with Crippen LogP contribution in [0.15, 0.2) is 23.1 Å². The number of hydrogen-bond donors (Lipinski definition) is 1. The van der Waals surface area contributed by atoms with Crippen molar-refractivity contribution in [2.45, 2.75) is 32.9 Å². The Morgan fingerprint density at radius 2 is 2.19 bits per heavy atom. The molecule has 1 N–H and O–H groups in total. The molecule has 6 nitrogen and oxygen atoms in total. The number of nitrogens with one attached hydrogen (secondary N) is 1. The molecule has 2 rings (SSSR count). The van der Waals surface area contributed by atoms with E-state index in [9.17, 15) is 4.79 Å². The molecule has 2 aromatic heterocycles. The van der Waals surface area contributed by atoms with Crippen LogP contribution in [-0.4, -0.2) is 32.0 Å². The van der Waals surface area contributed by atoms with Gasteiger partial charge in [-0.15, -0.1) is 0 Å². The first kappa shape index (κ1) is 16.0. The van der Waals surface area contributed by atoms with E-state index in [1.165, 1.54) is 0 Å². The van der Waals surface area contributed by atoms with Gasteiger partial charge in [0.05, 0.1) is 21.4 Å². The molecule has 1 amide bonds. The quantitative estimate of drug-likeness (QED) is 0.757. The topological polar surface area (TPSA) is 64.7 Å². The highest BCUT2D eigenvalue weighted by molar-refractivity contribution is 9.10. The largest absolute Gasteiger partial charge is 0.356 e. The molecule has 0 aliphatic heterocycles. The van der Waals surface area contributed by atoms with E-state index in [-0.39, 0.29) is 5.91 Å². The van der Waals surface area contributed by atoms with Crippen molar-refractivity contribution in [3.05, 3.63) is 33.8 Å². The fraction of sp³-hybridized carbons (Fsp3) is 0.462. The van der Waals surface area contributed by atoms with Crippen molar-refractivity contribution < 1.29 is 4.79 Å². The summed E-state index contributed by atoms with van der Waals surface area (Å²) in [6.45, 7) is 3.89. The highest BCUT2D eigenvalue weighted by atomic mass is 79.9. The summed E-state index contributed by atoms with van der Waals surface area (Å²) in [7, 11) is 0. The average Bonchev–Trinajstić information content (AvgIpc) is 2.99. The van der Waals surface area contributed by atoms with Gasteiger partial charge in [-0.2, -0.15) is 10.2 Å². The van der Waals surface area contributed by atoms with E-state index < -0.39 is 0 Å². The molecule has 0 radical (unpaired) electrons. The number of carbonyl (C=O) groups is 1. The molecule has 0 fully saturated rings. The lowest BCUT2D eigenvalue weighted by atomic mass is 10.3. The maximum atomic E-state index is 11.7. The molecule has 21 heavy (non-hydrogen) atoms. The Bertz CT molecular complexity index is 590. The van der Waals surface area contributed by atoms with Crippen LogP contribution >= 0.6 is 27.5 Å². The Labute approximate surface area is 136 Å². The highest BCUT2D eigenvalue weighted by Gasteiger charge is 2.04. The van der Waals surface area contributed by atoms with Crippen molar-refractivity contribution in [3.8, 4) is 0 Å². The van der Waals surface area contributed by atoms with Gasteiger partial charge in [-0.1, -0.05) is 11.6 Å². The fourth-order valence-corrected chi connectivity index (χ4v) is 2.31. The average molecular weight is 375 g/mol. The lowest BCUT2D eigenvalue weighted by molar-refractivity contribution is -0.121. The lowest BCUT2D eigenvalue weighted by Crippen LogP contribution is -2.26. The first-order valence-corrected chi connectivity index (χ1v) is 7.86. The number of rotatable bonds is 7. The summed E-state index contributed by atoms with van der Waals surface area (Å²) < 4.78 is 4.54. The first-order valence-electron chi connectivity index (χ1n) is 6.69. The van der Waals surface area contributed by atoms with Gasteiger partial charge in [0, 0.05) is 38.4 Å². The minimum absolute atomic E-state index is 0.0134. The predicted molar refractivity (Wildman–Crippen MR) is 84.1 cm³/mol. The van der Waals surface area contributed by atoms with Crippen molar-refractivity contribution in [2.75, 3.05) is 6.54 Å². The Morgan fingerprint density at radius 1 is 1.38 bits per heavy atom. The molecular formula is C13H17BrClN5O. The van der Waals surface area contributed by atoms with Crippen LogP contribution in [0, 0.1) is 6.92 Å². The number of amides is 1. The molecule has 0 saturated carbocycles. The molecule has 2 heterocycles. The highest BCUT2D eigenvalue weighted by Crippen LogP contribution is 2.13. The van der Waals surface area contributed by atoms with Crippen LogP contribution in [-0.2, 0) is 17.9 Å². The summed E-state index contributed by atoms with van der Waals surface area (Å²) in [6, 6.07) is 0. The van der Waals surface area contributed by atoms with Crippen LogP contribution in [0.5, 0.6) is 0 Å². The number of nitrogens with zero attached hydrogens (tertiary/aromatic N) is 4. The summed E-state index contributed by atoms with van der Waals surface area (Å²) in [6.07, 6.45) is 6.44. The van der Waals surface area contributed by atoms with Crippen LogP contribution in [0.25, 0.3) is 0 Å². The first-order chi connectivity index (χ1) is 10.0. The van der Waals surface area contributed by atoms with E-state index in [1.54, 1.807) is 17.1 Å². The summed E-state index contributed by atoms with van der Waals surface area (Å²) in [4.78, 5) is 11.7. The zero-order valence-corrected chi connectivity index (χ0v) is 14.1. The Hall–Kier alpha value is -1.34. The maximum absolute atomic E-state index is 11.7. The van der Waals surface area contributed by atoms with Gasteiger partial charge in [-0.3, -0.25) is 14.2 Å². The molecule has 0 spiro atoms. The number of halogens is 2. The van der Waals surface area contributed by atoms with Crippen molar-refractivity contribution in [2.24, 2.45) is 0 Å². The van der Waals surface area contributed by atoms with E-state index in [0.717, 1.165) is 23.1 Å². The number of carbonyl (C=O) groups excluding carboxylic acids is 1. The molecule has 0 unspecified atom stereocenters. The normalized spacial score (nSPS) is 10.8. The van der Waals surface area contributed by atoms with E-state index in [4.69, 9.17) is 11.6 Å². The van der Waals surface area contributed by atoms with Gasteiger partial charge < -0.3 is 5.32 Å². The van der Waals surface area contributed by atoms with Gasteiger partial charge in [-0.05, 0) is 29.3 Å². The van der Waals surface area contributed by atoms with E-state index in [0.29, 0.717) is 24.5 Å². The van der Waals surface area contributed by atoms with Gasteiger partial charge in [0.2, 0.25) is 5.91 Å². The number of hydrogen-bond acceptors (Lipinski definition) is 3. The minimum atomic E-state index is 0.0134. The molecule has 0 aromatic carbocycles. The fourth-order valence-electron chi connectivity index (χ4n) is 1.84. The maximum Gasteiger partial charge on any atom is 0.221 e. The molecule has 2 aromatic rings. The third-order valence-corrected chi connectivity index (χ3v) is 3.92. The van der Waals surface area contributed by atoms with Gasteiger partial charge in [0.1, 0.15) is 0 Å². The molecule has 114 valence electrons. The monoisotopic (exact) mass is 373 g/mol. The second-order valence-electron chi connectivity index (χ2n) is 4.70. The lowest BCUT2D eigenvalue weighted by Gasteiger charge is -2.05. The van der Waals surface area contributed by atoms with Crippen LogP contribution in [0.4, 0.5) is 0 Å². The van der Waals surface area contributed by atoms with Gasteiger partial charge in [-0.25, -0.2) is 0 Å². The molecular weight excluding hydrogens is 358 g/mol. The standard InChI is InChI=1S/C13H17BrClN5O/c1-10-12(14)9-20(18-10)5-2-4-16-13(21)3-6-19-8-11(15)7-17-19/h7-9H,2-6H2,1H3,(H,16,21). The van der Waals surface area contributed by atoms with Crippen LogP contribution in [0.3, 0.4) is 0 Å². The summed E-state index contributed by atoms with van der Waals surface area (Å²) >= 11 is 9.18. The van der Waals surface area contributed by atoms with Crippen molar-refractivity contribution in [1.82, 2.24) is 24.9 Å². The molecule has 8 heteroatoms. The molecule has 0 saturated heterocycles. The summed E-state index contributed by atoms with van der Waals surface area (Å²) in [5.41, 5.74) is 0.969. The Morgan fingerprint density at radius 3 is 2.81 bits per heavy atom. The SMILES string of the molecule is Cc1nn(CCCNC(=O)CCn2cc(Cl)cn2)cc1Br. The summed E-state index contributed by atoms with van der Waals surface area (Å²) in [5.74, 6) is 0.0134. The molecule has 0 atom stereocenters. The van der Waals surface area contributed by atoms with Gasteiger partial charge in [0.25, 0.3) is 0 Å². The van der Waals surface area contributed by atoms with E-state index >= 15 is 0 Å². The van der Waals surface area contributed by atoms with Crippen LogP contribution in [0.1, 0.15) is 18.5 Å². The van der Waals surface area contributed by atoms with E-state index in [2.05, 4.69) is 31.4 Å². The number of aryl methyl sites for hydroxylation is 3. The van der Waals surface area contributed by atoms with Crippen LogP contribution < -0.4 is 5.32 Å². The minimum Gasteiger partial charge on any atom is -0.356 e. The van der Waals surface area contributed by atoms with Crippen molar-refractivity contribution in [3.63, 3.8) is 0 Å². The summed E-state index contributed by atoms with van der Waals surface area (Å²) in [5, 5.41) is 11.8. The Balaban J connectivity index is 1.61. The molecule has 0 aliphatic carbocycles. The van der Waals surface area contributed by atoms with Gasteiger partial charge >= 0.3 is 0 Å². The van der Waals surface area contributed by atoms with Gasteiger partial charge in [0.15, 0.2) is 0 Å².